The summed E-state index contributed by atoms with van der Waals surface area (Å²) in [5.41, 5.74) is 2.79. The predicted octanol–water partition coefficient (Wildman–Crippen LogP) is 3.94. The maximum Gasteiger partial charge on any atom is 0.320 e. The molecule has 1 aliphatic heterocycles. The summed E-state index contributed by atoms with van der Waals surface area (Å²) in [6.07, 6.45) is 1.04. The Balaban J connectivity index is 2.02. The quantitative estimate of drug-likeness (QED) is 0.844. The molecular weight excluding hydrogens is 280 g/mol. The molecular formula is C17H26N2OS. The number of nitrogens with zero attached hydrogens (tertiary/aromatic N) is 2. The van der Waals surface area contributed by atoms with Gasteiger partial charge in [-0.1, -0.05) is 24.3 Å². The van der Waals surface area contributed by atoms with Crippen LogP contribution < -0.4 is 0 Å². The first-order valence-corrected chi connectivity index (χ1v) is 8.93. The van der Waals surface area contributed by atoms with E-state index >= 15 is 0 Å². The maximum atomic E-state index is 12.5. The van der Waals surface area contributed by atoms with Crippen molar-refractivity contribution in [3.63, 3.8) is 0 Å². The lowest BCUT2D eigenvalue weighted by Crippen LogP contribution is -2.44. The SMILES string of the molecule is CCN(CC)C(=O)N1CCSC(c2ccccc2C)CC1. The van der Waals surface area contributed by atoms with Crippen molar-refractivity contribution in [2.45, 2.75) is 32.4 Å². The zero-order valence-corrected chi connectivity index (χ0v) is 14.2. The molecule has 0 aromatic heterocycles. The van der Waals surface area contributed by atoms with E-state index in [1.807, 2.05) is 35.4 Å². The molecule has 3 nitrogen and oxygen atoms in total. The number of urea groups is 1. The molecule has 2 rings (SSSR count). The highest BCUT2D eigenvalue weighted by molar-refractivity contribution is 7.99. The zero-order chi connectivity index (χ0) is 15.2. The molecule has 1 unspecified atom stereocenters. The van der Waals surface area contributed by atoms with Crippen LogP contribution in [0.2, 0.25) is 0 Å². The number of thioether (sulfide) groups is 1. The van der Waals surface area contributed by atoms with Gasteiger partial charge in [-0.2, -0.15) is 11.8 Å². The van der Waals surface area contributed by atoms with Gasteiger partial charge in [0.2, 0.25) is 0 Å². The lowest BCUT2D eigenvalue weighted by molar-refractivity contribution is 0.160. The molecule has 2 amide bonds. The standard InChI is InChI=1S/C17H26N2OS/c1-4-18(5-2)17(20)19-11-10-16(21-13-12-19)15-9-7-6-8-14(15)3/h6-9,16H,4-5,10-13H2,1-3H3. The van der Waals surface area contributed by atoms with Crippen LogP contribution in [-0.4, -0.2) is 47.8 Å². The first kappa shape index (κ1) is 16.2. The van der Waals surface area contributed by atoms with Crippen LogP contribution in [0.5, 0.6) is 0 Å². The molecule has 0 saturated carbocycles. The van der Waals surface area contributed by atoms with Gasteiger partial charge in [-0.25, -0.2) is 4.79 Å². The largest absolute Gasteiger partial charge is 0.325 e. The summed E-state index contributed by atoms with van der Waals surface area (Å²) in [7, 11) is 0. The molecule has 0 aliphatic carbocycles. The van der Waals surface area contributed by atoms with Crippen molar-refractivity contribution in [3.8, 4) is 0 Å². The van der Waals surface area contributed by atoms with Crippen molar-refractivity contribution in [2.24, 2.45) is 0 Å². The molecule has 1 heterocycles. The molecule has 0 bridgehead atoms. The first-order valence-electron chi connectivity index (χ1n) is 7.88. The monoisotopic (exact) mass is 306 g/mol. The predicted molar refractivity (Wildman–Crippen MR) is 90.9 cm³/mol. The second-order valence-corrected chi connectivity index (χ2v) is 6.76. The number of benzene rings is 1. The van der Waals surface area contributed by atoms with Crippen LogP contribution in [0.4, 0.5) is 4.79 Å². The zero-order valence-electron chi connectivity index (χ0n) is 13.3. The second-order valence-electron chi connectivity index (χ2n) is 5.45. The van der Waals surface area contributed by atoms with Gasteiger partial charge < -0.3 is 9.80 Å². The summed E-state index contributed by atoms with van der Waals surface area (Å²) < 4.78 is 0. The summed E-state index contributed by atoms with van der Waals surface area (Å²) in [5, 5.41) is 0.515. The van der Waals surface area contributed by atoms with Gasteiger partial charge in [0.15, 0.2) is 0 Å². The molecule has 1 aliphatic rings. The summed E-state index contributed by atoms with van der Waals surface area (Å²) in [5.74, 6) is 1.02. The highest BCUT2D eigenvalue weighted by Crippen LogP contribution is 2.36. The minimum Gasteiger partial charge on any atom is -0.325 e. The summed E-state index contributed by atoms with van der Waals surface area (Å²) in [6, 6.07) is 8.82. The molecule has 1 saturated heterocycles. The fraction of sp³-hybridized carbons (Fsp3) is 0.588. The van der Waals surface area contributed by atoms with Crippen LogP contribution in [-0.2, 0) is 0 Å². The Morgan fingerprint density at radius 2 is 2.00 bits per heavy atom. The molecule has 0 N–H and O–H groups in total. The van der Waals surface area contributed by atoms with Crippen molar-refractivity contribution in [1.82, 2.24) is 9.80 Å². The number of carbonyl (C=O) groups is 1. The van der Waals surface area contributed by atoms with Gasteiger partial charge in [-0.15, -0.1) is 0 Å². The van der Waals surface area contributed by atoms with Crippen molar-refractivity contribution in [2.75, 3.05) is 31.9 Å². The lowest BCUT2D eigenvalue weighted by atomic mass is 10.0. The van der Waals surface area contributed by atoms with E-state index in [2.05, 4.69) is 31.2 Å². The Labute approximate surface area is 132 Å². The number of hydrogen-bond acceptors (Lipinski definition) is 2. The van der Waals surface area contributed by atoms with Gasteiger partial charge >= 0.3 is 6.03 Å². The molecule has 4 heteroatoms. The lowest BCUT2D eigenvalue weighted by Gasteiger charge is -2.28. The first-order chi connectivity index (χ1) is 10.2. The molecule has 116 valence electrons. The van der Waals surface area contributed by atoms with E-state index in [0.29, 0.717) is 5.25 Å². The number of hydrogen-bond donors (Lipinski definition) is 0. The number of amides is 2. The fourth-order valence-electron chi connectivity index (χ4n) is 2.85. The van der Waals surface area contributed by atoms with Gasteiger partial charge in [-0.3, -0.25) is 0 Å². The van der Waals surface area contributed by atoms with E-state index in [1.165, 1.54) is 11.1 Å². The highest BCUT2D eigenvalue weighted by Gasteiger charge is 2.24. The van der Waals surface area contributed by atoms with E-state index in [-0.39, 0.29) is 6.03 Å². The average molecular weight is 306 g/mol. The average Bonchev–Trinajstić information content (AvgIpc) is 2.75. The summed E-state index contributed by atoms with van der Waals surface area (Å²) in [4.78, 5) is 16.4. The molecule has 0 spiro atoms. The topological polar surface area (TPSA) is 23.6 Å². The maximum absolute atomic E-state index is 12.5. The van der Waals surface area contributed by atoms with Gasteiger partial charge in [0.25, 0.3) is 0 Å². The Hall–Kier alpha value is -1.16. The summed E-state index contributed by atoms with van der Waals surface area (Å²) >= 11 is 1.99. The van der Waals surface area contributed by atoms with Crippen molar-refractivity contribution in [3.05, 3.63) is 35.4 Å². The normalized spacial score (nSPS) is 19.2. The van der Waals surface area contributed by atoms with Crippen molar-refractivity contribution in [1.29, 1.82) is 0 Å². The van der Waals surface area contributed by atoms with E-state index in [0.717, 1.165) is 38.4 Å². The van der Waals surface area contributed by atoms with Crippen LogP contribution in [0, 0.1) is 6.92 Å². The van der Waals surface area contributed by atoms with Crippen LogP contribution >= 0.6 is 11.8 Å². The second kappa shape index (κ2) is 7.74. The van der Waals surface area contributed by atoms with Crippen molar-refractivity contribution < 1.29 is 4.79 Å². The van der Waals surface area contributed by atoms with E-state index in [1.54, 1.807) is 0 Å². The minimum absolute atomic E-state index is 0.200. The molecule has 1 fully saturated rings. The van der Waals surface area contributed by atoms with E-state index in [4.69, 9.17) is 0 Å². The Bertz CT molecular complexity index is 474. The van der Waals surface area contributed by atoms with Crippen molar-refractivity contribution >= 4 is 17.8 Å². The highest BCUT2D eigenvalue weighted by atomic mass is 32.2. The Kier molecular flexibility index (Phi) is 5.97. The molecule has 0 radical (unpaired) electrons. The molecule has 21 heavy (non-hydrogen) atoms. The third-order valence-electron chi connectivity index (χ3n) is 4.18. The van der Waals surface area contributed by atoms with Gasteiger partial charge in [-0.05, 0) is 38.3 Å². The van der Waals surface area contributed by atoms with Crippen LogP contribution in [0.15, 0.2) is 24.3 Å². The Morgan fingerprint density at radius 3 is 2.67 bits per heavy atom. The summed E-state index contributed by atoms with van der Waals surface area (Å²) in [6.45, 7) is 9.58. The third kappa shape index (κ3) is 3.94. The minimum atomic E-state index is 0.200. The Morgan fingerprint density at radius 1 is 1.29 bits per heavy atom. The van der Waals surface area contributed by atoms with E-state index in [9.17, 15) is 4.79 Å². The smallest absolute Gasteiger partial charge is 0.320 e. The third-order valence-corrected chi connectivity index (χ3v) is 5.49. The van der Waals surface area contributed by atoms with Crippen LogP contribution in [0.25, 0.3) is 0 Å². The molecule has 1 aromatic rings. The molecule has 1 atom stereocenters. The number of rotatable bonds is 3. The van der Waals surface area contributed by atoms with Gasteiger partial charge in [0, 0.05) is 37.2 Å². The number of carbonyl (C=O) groups excluding carboxylic acids is 1. The van der Waals surface area contributed by atoms with Gasteiger partial charge in [0.05, 0.1) is 0 Å². The molecule has 1 aromatic carbocycles. The number of aryl methyl sites for hydroxylation is 1. The fourth-order valence-corrected chi connectivity index (χ4v) is 4.18. The van der Waals surface area contributed by atoms with Crippen LogP contribution in [0.1, 0.15) is 36.6 Å². The van der Waals surface area contributed by atoms with E-state index < -0.39 is 0 Å². The van der Waals surface area contributed by atoms with Gasteiger partial charge in [0.1, 0.15) is 0 Å². The van der Waals surface area contributed by atoms with Crippen LogP contribution in [0.3, 0.4) is 0 Å².